The molecule has 168 valence electrons. The van der Waals surface area contributed by atoms with E-state index in [1.54, 1.807) is 0 Å². The summed E-state index contributed by atoms with van der Waals surface area (Å²) >= 11 is 5.89. The first-order valence-corrected chi connectivity index (χ1v) is 10.3. The number of rotatable bonds is 8. The Morgan fingerprint density at radius 2 is 1.84 bits per heavy atom. The van der Waals surface area contributed by atoms with E-state index >= 15 is 0 Å². The van der Waals surface area contributed by atoms with E-state index in [9.17, 15) is 18.4 Å². The van der Waals surface area contributed by atoms with Gasteiger partial charge < -0.3 is 4.98 Å². The minimum atomic E-state index is -0.682. The normalized spacial score (nSPS) is 11.5. The van der Waals surface area contributed by atoms with Crippen molar-refractivity contribution in [3.05, 3.63) is 67.3 Å². The first kappa shape index (κ1) is 21.8. The highest BCUT2D eigenvalue weighted by atomic mass is 35.5. The summed E-state index contributed by atoms with van der Waals surface area (Å²) in [7, 11) is 0. The van der Waals surface area contributed by atoms with Crippen molar-refractivity contribution in [2.75, 3.05) is 0 Å². The number of benzene rings is 1. The van der Waals surface area contributed by atoms with Gasteiger partial charge in [0, 0.05) is 25.1 Å². The average molecular weight is 465 g/mol. The molecule has 0 saturated heterocycles. The number of H-pyrrole nitrogens is 1. The van der Waals surface area contributed by atoms with Crippen LogP contribution in [0.3, 0.4) is 0 Å². The number of imidazole rings is 1. The van der Waals surface area contributed by atoms with E-state index in [0.29, 0.717) is 19.4 Å². The Bertz CT molecular complexity index is 1370. The molecule has 0 unspecified atom stereocenters. The number of hydrogen-bond acceptors (Lipinski definition) is 6. The fourth-order valence-corrected chi connectivity index (χ4v) is 3.61. The van der Waals surface area contributed by atoms with E-state index in [4.69, 9.17) is 11.6 Å². The summed E-state index contributed by atoms with van der Waals surface area (Å²) in [6.45, 7) is 2.64. The molecule has 0 atom stereocenters. The molecule has 0 bridgehead atoms. The van der Waals surface area contributed by atoms with E-state index in [1.165, 1.54) is 15.4 Å². The molecule has 3 aromatic heterocycles. The van der Waals surface area contributed by atoms with E-state index in [0.717, 1.165) is 16.7 Å². The summed E-state index contributed by atoms with van der Waals surface area (Å²) in [5.74, 6) is -1.21. The van der Waals surface area contributed by atoms with E-state index in [2.05, 4.69) is 25.4 Å². The van der Waals surface area contributed by atoms with Gasteiger partial charge >= 0.3 is 5.69 Å². The topological polar surface area (TPSA) is 116 Å². The highest BCUT2D eigenvalue weighted by Gasteiger charge is 2.17. The fraction of sp³-hybridized carbons (Fsp3) is 0.368. The molecule has 0 radical (unpaired) electrons. The summed E-state index contributed by atoms with van der Waals surface area (Å²) in [4.78, 5) is 33.6. The van der Waals surface area contributed by atoms with Crippen LogP contribution in [-0.4, -0.2) is 39.3 Å². The van der Waals surface area contributed by atoms with Crippen LogP contribution in [0.1, 0.15) is 31.2 Å². The molecule has 0 aliphatic rings. The maximum atomic E-state index is 13.8. The standard InChI is InChI=1S/C19H19ClF2N8O2/c1-2-7-28-16-15(23-18(20)24-16)17(31)29(19(28)32)8-4-9-30-26-14(25-27-30)10-11-12(21)5-3-6-13(11)22/h3,5-6H,2,4,7-10H2,1H3,(H,23,24). The number of tetrazole rings is 1. The molecule has 0 amide bonds. The van der Waals surface area contributed by atoms with Crippen molar-refractivity contribution < 1.29 is 8.78 Å². The molecule has 10 nitrogen and oxygen atoms in total. The summed E-state index contributed by atoms with van der Waals surface area (Å²) in [6, 6.07) is 3.61. The zero-order valence-electron chi connectivity index (χ0n) is 17.1. The predicted molar refractivity (Wildman–Crippen MR) is 112 cm³/mol. The third-order valence-electron chi connectivity index (χ3n) is 4.91. The van der Waals surface area contributed by atoms with Gasteiger partial charge in [-0.3, -0.25) is 13.9 Å². The van der Waals surface area contributed by atoms with E-state index in [1.807, 2.05) is 6.92 Å². The lowest BCUT2D eigenvalue weighted by Gasteiger charge is -2.10. The van der Waals surface area contributed by atoms with E-state index in [-0.39, 0.29) is 47.3 Å². The van der Waals surface area contributed by atoms with Gasteiger partial charge in [0.1, 0.15) is 11.6 Å². The van der Waals surface area contributed by atoms with Gasteiger partial charge in [-0.2, -0.15) is 9.78 Å². The van der Waals surface area contributed by atoms with Crippen molar-refractivity contribution in [1.82, 2.24) is 39.3 Å². The number of fused-ring (bicyclic) bond motifs is 1. The van der Waals surface area contributed by atoms with Gasteiger partial charge in [-0.25, -0.2) is 13.6 Å². The summed E-state index contributed by atoms with van der Waals surface area (Å²) in [5.41, 5.74) is -0.738. The molecule has 0 saturated carbocycles. The van der Waals surface area contributed by atoms with Gasteiger partial charge in [-0.15, -0.1) is 10.2 Å². The Hall–Kier alpha value is -3.41. The molecule has 1 aromatic carbocycles. The number of halogens is 3. The Balaban J connectivity index is 1.50. The van der Waals surface area contributed by atoms with Crippen LogP contribution in [0.2, 0.25) is 5.28 Å². The maximum Gasteiger partial charge on any atom is 0.332 e. The molecular formula is C19H19ClF2N8O2. The molecule has 32 heavy (non-hydrogen) atoms. The Kier molecular flexibility index (Phi) is 6.12. The average Bonchev–Trinajstić information content (AvgIpc) is 3.37. The van der Waals surface area contributed by atoms with Crippen LogP contribution < -0.4 is 11.2 Å². The minimum Gasteiger partial charge on any atom is -0.323 e. The number of nitrogens with zero attached hydrogens (tertiary/aromatic N) is 7. The first-order valence-electron chi connectivity index (χ1n) is 9.97. The molecule has 13 heteroatoms. The third kappa shape index (κ3) is 4.17. The second-order valence-corrected chi connectivity index (χ2v) is 7.51. The number of nitrogens with one attached hydrogen (secondary N) is 1. The van der Waals surface area contributed by atoms with Crippen LogP contribution in [0.4, 0.5) is 8.78 Å². The third-order valence-corrected chi connectivity index (χ3v) is 5.09. The summed E-state index contributed by atoms with van der Waals surface area (Å²) < 4.78 is 30.1. The molecule has 0 spiro atoms. The molecule has 0 aliphatic heterocycles. The van der Waals surface area contributed by atoms with Crippen molar-refractivity contribution in [3.8, 4) is 0 Å². The SMILES string of the molecule is CCCn1c(=O)n(CCCn2nnc(Cc3c(F)cccc3F)n2)c(=O)c2[nH]c(Cl)nc21. The molecule has 4 rings (SSSR count). The summed E-state index contributed by atoms with van der Waals surface area (Å²) in [5, 5.41) is 11.9. The van der Waals surface area contributed by atoms with Gasteiger partial charge in [-0.05, 0) is 41.8 Å². The second kappa shape index (κ2) is 8.99. The Morgan fingerprint density at radius 1 is 1.09 bits per heavy atom. The summed E-state index contributed by atoms with van der Waals surface area (Å²) in [6.07, 6.45) is 0.876. The van der Waals surface area contributed by atoms with Crippen molar-refractivity contribution in [2.24, 2.45) is 0 Å². The van der Waals surface area contributed by atoms with Crippen molar-refractivity contribution in [1.29, 1.82) is 0 Å². The van der Waals surface area contributed by atoms with Gasteiger partial charge in [0.05, 0.1) is 6.54 Å². The first-order chi connectivity index (χ1) is 15.4. The zero-order valence-corrected chi connectivity index (χ0v) is 17.8. The van der Waals surface area contributed by atoms with Crippen molar-refractivity contribution in [3.63, 3.8) is 0 Å². The number of aryl methyl sites for hydroxylation is 2. The lowest BCUT2D eigenvalue weighted by molar-refractivity contribution is 0.452. The lowest BCUT2D eigenvalue weighted by atomic mass is 10.1. The molecule has 3 heterocycles. The Morgan fingerprint density at radius 3 is 2.56 bits per heavy atom. The predicted octanol–water partition coefficient (Wildman–Crippen LogP) is 1.90. The van der Waals surface area contributed by atoms with Gasteiger partial charge in [0.25, 0.3) is 5.56 Å². The van der Waals surface area contributed by atoms with Crippen LogP contribution in [0.5, 0.6) is 0 Å². The smallest absolute Gasteiger partial charge is 0.323 e. The monoisotopic (exact) mass is 464 g/mol. The van der Waals surface area contributed by atoms with Crippen LogP contribution in [0, 0.1) is 11.6 Å². The number of aromatic amines is 1. The molecule has 4 aromatic rings. The van der Waals surface area contributed by atoms with Gasteiger partial charge in [-0.1, -0.05) is 13.0 Å². The molecule has 0 aliphatic carbocycles. The molecule has 0 fully saturated rings. The Labute approximate surface area is 184 Å². The van der Waals surface area contributed by atoms with Crippen LogP contribution in [-0.2, 0) is 26.1 Å². The largest absolute Gasteiger partial charge is 0.332 e. The molecule has 1 N–H and O–H groups in total. The van der Waals surface area contributed by atoms with Gasteiger partial charge in [0.15, 0.2) is 17.0 Å². The quantitative estimate of drug-likeness (QED) is 0.398. The van der Waals surface area contributed by atoms with E-state index < -0.39 is 22.9 Å². The lowest BCUT2D eigenvalue weighted by Crippen LogP contribution is -2.40. The second-order valence-electron chi connectivity index (χ2n) is 7.15. The highest BCUT2D eigenvalue weighted by Crippen LogP contribution is 2.14. The minimum absolute atomic E-state index is 0.0322. The van der Waals surface area contributed by atoms with Crippen LogP contribution in [0.25, 0.3) is 11.2 Å². The van der Waals surface area contributed by atoms with Gasteiger partial charge in [0.2, 0.25) is 5.28 Å². The maximum absolute atomic E-state index is 13.8. The van der Waals surface area contributed by atoms with Crippen LogP contribution >= 0.6 is 11.6 Å². The molecular weight excluding hydrogens is 446 g/mol. The number of hydrogen-bond donors (Lipinski definition) is 1. The highest BCUT2D eigenvalue weighted by molar-refractivity contribution is 6.28. The van der Waals surface area contributed by atoms with Crippen molar-refractivity contribution >= 4 is 22.8 Å². The van der Waals surface area contributed by atoms with Crippen molar-refractivity contribution in [2.45, 2.75) is 45.8 Å². The fourth-order valence-electron chi connectivity index (χ4n) is 3.43. The zero-order chi connectivity index (χ0) is 22.8. The number of aromatic nitrogens is 8. The van der Waals surface area contributed by atoms with Crippen LogP contribution in [0.15, 0.2) is 27.8 Å².